The van der Waals surface area contributed by atoms with Crippen LogP contribution in [0.2, 0.25) is 0 Å². The summed E-state index contributed by atoms with van der Waals surface area (Å²) in [6.45, 7) is 2.86. The number of hydrogen-bond donors (Lipinski definition) is 3. The van der Waals surface area contributed by atoms with E-state index in [0.717, 1.165) is 0 Å². The number of carboxylic acids is 1. The summed E-state index contributed by atoms with van der Waals surface area (Å²) in [5.41, 5.74) is 0.990. The van der Waals surface area contributed by atoms with Crippen molar-refractivity contribution in [2.45, 2.75) is 19.9 Å². The molecule has 0 unspecified atom stereocenters. The van der Waals surface area contributed by atoms with Crippen molar-refractivity contribution in [3.8, 4) is 0 Å². The highest BCUT2D eigenvalue weighted by molar-refractivity contribution is 5.96. The van der Waals surface area contributed by atoms with Crippen LogP contribution in [0.25, 0.3) is 0 Å². The molecule has 7 nitrogen and oxygen atoms in total. The second kappa shape index (κ2) is 8.01. The van der Waals surface area contributed by atoms with Crippen LogP contribution >= 0.6 is 0 Å². The lowest BCUT2D eigenvalue weighted by molar-refractivity contribution is -0.143. The molecule has 21 heavy (non-hydrogen) atoms. The highest BCUT2D eigenvalue weighted by atomic mass is 16.5. The molecule has 0 aliphatic carbocycles. The van der Waals surface area contributed by atoms with Gasteiger partial charge >= 0.3 is 5.97 Å². The molecule has 0 saturated carbocycles. The Morgan fingerprint density at radius 1 is 1.14 bits per heavy atom. The highest BCUT2D eigenvalue weighted by Crippen LogP contribution is 2.09. The third-order valence-corrected chi connectivity index (χ3v) is 2.31. The molecule has 3 N–H and O–H groups in total. The molecule has 0 aliphatic rings. The lowest BCUT2D eigenvalue weighted by Gasteiger charge is -2.09. The molecule has 0 aliphatic heterocycles. The van der Waals surface area contributed by atoms with Gasteiger partial charge in [-0.2, -0.15) is 0 Å². The van der Waals surface area contributed by atoms with Gasteiger partial charge in [-0.1, -0.05) is 0 Å². The van der Waals surface area contributed by atoms with Gasteiger partial charge in [-0.15, -0.1) is 0 Å². The molecule has 114 valence electrons. The Hall–Kier alpha value is -2.41. The van der Waals surface area contributed by atoms with Gasteiger partial charge in [0, 0.05) is 17.3 Å². The van der Waals surface area contributed by atoms with E-state index >= 15 is 0 Å². The van der Waals surface area contributed by atoms with Gasteiger partial charge in [-0.3, -0.25) is 9.59 Å². The van der Waals surface area contributed by atoms with Crippen molar-refractivity contribution in [3.05, 3.63) is 29.8 Å². The zero-order valence-corrected chi connectivity index (χ0v) is 11.9. The van der Waals surface area contributed by atoms with Crippen molar-refractivity contribution in [1.29, 1.82) is 0 Å². The fraction of sp³-hybridized carbons (Fsp3) is 0.357. The van der Waals surface area contributed by atoms with Gasteiger partial charge in [0.15, 0.2) is 0 Å². The van der Waals surface area contributed by atoms with Crippen LogP contribution < -0.4 is 10.6 Å². The first kappa shape index (κ1) is 16.6. The monoisotopic (exact) mass is 294 g/mol. The number of carbonyl (C=O) groups excluding carboxylic acids is 2. The third-order valence-electron chi connectivity index (χ3n) is 2.31. The third kappa shape index (κ3) is 6.53. The van der Waals surface area contributed by atoms with Gasteiger partial charge in [0.2, 0.25) is 5.91 Å². The molecule has 1 rings (SSSR count). The molecule has 7 heteroatoms. The Labute approximate surface area is 122 Å². The number of hydrogen-bond acceptors (Lipinski definition) is 4. The smallest absolute Gasteiger partial charge is 0.329 e. The molecule has 0 bridgehead atoms. The minimum Gasteiger partial charge on any atom is -0.480 e. The molecule has 0 saturated heterocycles. The number of anilines is 1. The van der Waals surface area contributed by atoms with E-state index in [2.05, 4.69) is 15.4 Å². The first-order valence-corrected chi connectivity index (χ1v) is 6.39. The van der Waals surface area contributed by atoms with Crippen molar-refractivity contribution in [3.63, 3.8) is 0 Å². The SMILES string of the molecule is CC(C)NC(=O)c1ccc(NC(=O)COCC(=O)O)cc1. The molecule has 0 aromatic heterocycles. The molecular weight excluding hydrogens is 276 g/mol. The fourth-order valence-corrected chi connectivity index (χ4v) is 1.48. The molecule has 0 spiro atoms. The van der Waals surface area contributed by atoms with Crippen molar-refractivity contribution in [2.75, 3.05) is 18.5 Å². The summed E-state index contributed by atoms with van der Waals surface area (Å²) in [6.07, 6.45) is 0. The lowest BCUT2D eigenvalue weighted by atomic mass is 10.2. The predicted molar refractivity (Wildman–Crippen MR) is 76.1 cm³/mol. The Kier molecular flexibility index (Phi) is 6.35. The number of carboxylic acid groups (broad SMARTS) is 1. The maximum Gasteiger partial charge on any atom is 0.329 e. The minimum absolute atomic E-state index is 0.0447. The number of amides is 2. The summed E-state index contributed by atoms with van der Waals surface area (Å²) in [5.74, 6) is -1.79. The van der Waals surface area contributed by atoms with Crippen LogP contribution in [0.1, 0.15) is 24.2 Å². The van der Waals surface area contributed by atoms with E-state index in [1.807, 2.05) is 13.8 Å². The van der Waals surface area contributed by atoms with Crippen molar-refractivity contribution in [2.24, 2.45) is 0 Å². The van der Waals surface area contributed by atoms with E-state index < -0.39 is 18.5 Å². The number of nitrogens with one attached hydrogen (secondary N) is 2. The van der Waals surface area contributed by atoms with Gasteiger partial charge in [-0.25, -0.2) is 4.79 Å². The van der Waals surface area contributed by atoms with E-state index in [4.69, 9.17) is 5.11 Å². The van der Waals surface area contributed by atoms with Crippen LogP contribution in [0.4, 0.5) is 5.69 Å². The normalized spacial score (nSPS) is 10.2. The average molecular weight is 294 g/mol. The first-order chi connectivity index (χ1) is 9.88. The van der Waals surface area contributed by atoms with Crippen LogP contribution in [-0.2, 0) is 14.3 Å². The standard InChI is InChI=1S/C14H18N2O5/c1-9(2)15-14(20)10-3-5-11(6-4-10)16-12(17)7-21-8-13(18)19/h3-6,9H,7-8H2,1-2H3,(H,15,20)(H,16,17)(H,18,19). The summed E-state index contributed by atoms with van der Waals surface area (Å²) < 4.78 is 4.66. The van der Waals surface area contributed by atoms with Crippen LogP contribution in [0.5, 0.6) is 0 Å². The molecule has 0 fully saturated rings. The van der Waals surface area contributed by atoms with E-state index in [9.17, 15) is 14.4 Å². The Balaban J connectivity index is 2.49. The number of rotatable bonds is 7. The highest BCUT2D eigenvalue weighted by Gasteiger charge is 2.08. The summed E-state index contributed by atoms with van der Waals surface area (Å²) in [7, 11) is 0. The minimum atomic E-state index is -1.14. The summed E-state index contributed by atoms with van der Waals surface area (Å²) in [6, 6.07) is 6.40. The second-order valence-corrected chi connectivity index (χ2v) is 4.64. The van der Waals surface area contributed by atoms with Gasteiger partial charge in [0.05, 0.1) is 0 Å². The fourth-order valence-electron chi connectivity index (χ4n) is 1.48. The number of ether oxygens (including phenoxy) is 1. The molecule has 0 atom stereocenters. The molecular formula is C14H18N2O5. The molecule has 2 amide bonds. The zero-order chi connectivity index (χ0) is 15.8. The van der Waals surface area contributed by atoms with Crippen LogP contribution in [0.3, 0.4) is 0 Å². The van der Waals surface area contributed by atoms with E-state index in [1.54, 1.807) is 24.3 Å². The summed E-state index contributed by atoms with van der Waals surface area (Å²) in [4.78, 5) is 33.4. The number of carbonyl (C=O) groups is 3. The lowest BCUT2D eigenvalue weighted by Crippen LogP contribution is -2.30. The predicted octanol–water partition coefficient (Wildman–Crippen LogP) is 0.864. The summed E-state index contributed by atoms with van der Waals surface area (Å²) in [5, 5.41) is 13.7. The van der Waals surface area contributed by atoms with Crippen LogP contribution in [-0.4, -0.2) is 42.1 Å². The number of benzene rings is 1. The molecule has 1 aromatic rings. The van der Waals surface area contributed by atoms with Crippen molar-refractivity contribution < 1.29 is 24.2 Å². The maximum absolute atomic E-state index is 11.7. The van der Waals surface area contributed by atoms with E-state index in [-0.39, 0.29) is 18.6 Å². The Morgan fingerprint density at radius 3 is 2.29 bits per heavy atom. The van der Waals surface area contributed by atoms with Crippen LogP contribution in [0, 0.1) is 0 Å². The quantitative estimate of drug-likeness (QED) is 0.692. The molecule has 1 aromatic carbocycles. The first-order valence-electron chi connectivity index (χ1n) is 6.39. The van der Waals surface area contributed by atoms with Gasteiger partial charge in [0.25, 0.3) is 5.91 Å². The zero-order valence-electron chi connectivity index (χ0n) is 11.9. The van der Waals surface area contributed by atoms with E-state index in [1.165, 1.54) is 0 Å². The van der Waals surface area contributed by atoms with Gasteiger partial charge < -0.3 is 20.5 Å². The molecule has 0 radical (unpaired) electrons. The van der Waals surface area contributed by atoms with Crippen LogP contribution in [0.15, 0.2) is 24.3 Å². The van der Waals surface area contributed by atoms with Crippen molar-refractivity contribution in [1.82, 2.24) is 5.32 Å². The van der Waals surface area contributed by atoms with Gasteiger partial charge in [0.1, 0.15) is 13.2 Å². The topological polar surface area (TPSA) is 105 Å². The largest absolute Gasteiger partial charge is 0.480 e. The maximum atomic E-state index is 11.7. The van der Waals surface area contributed by atoms with E-state index in [0.29, 0.717) is 11.3 Å². The molecule has 0 heterocycles. The Morgan fingerprint density at radius 2 is 1.76 bits per heavy atom. The Bertz CT molecular complexity index is 511. The van der Waals surface area contributed by atoms with Crippen molar-refractivity contribution >= 4 is 23.5 Å². The number of aliphatic carboxylic acids is 1. The summed E-state index contributed by atoms with van der Waals surface area (Å²) >= 11 is 0. The van der Waals surface area contributed by atoms with Gasteiger partial charge in [-0.05, 0) is 38.1 Å². The average Bonchev–Trinajstić information content (AvgIpc) is 2.38. The second-order valence-electron chi connectivity index (χ2n) is 4.64.